The molecule has 13 heavy (non-hydrogen) atoms. The van der Waals surface area contributed by atoms with Gasteiger partial charge in [-0.25, -0.2) is 0 Å². The minimum atomic E-state index is 0. The van der Waals surface area contributed by atoms with E-state index in [0.717, 1.165) is 0 Å². The van der Waals surface area contributed by atoms with Crippen LogP contribution in [-0.2, 0) is 0 Å². The normalized spacial score (nSPS) is 8.92. The summed E-state index contributed by atoms with van der Waals surface area (Å²) < 4.78 is 2.08. The molecule has 66 valence electrons. The van der Waals surface area contributed by atoms with E-state index in [0.29, 0.717) is 0 Å². The van der Waals surface area contributed by atoms with Crippen LogP contribution in [0.4, 0.5) is 0 Å². The average molecular weight is 173 g/mol. The summed E-state index contributed by atoms with van der Waals surface area (Å²) in [6, 6.07) is 16.3. The van der Waals surface area contributed by atoms with Crippen molar-refractivity contribution in [3.63, 3.8) is 0 Å². The molecule has 0 saturated heterocycles. The predicted octanol–water partition coefficient (Wildman–Crippen LogP) is 1.79. The smallest absolute Gasteiger partial charge is 0.210 e. The van der Waals surface area contributed by atoms with Crippen molar-refractivity contribution in [3.8, 4) is 5.69 Å². The second-order valence-corrected chi connectivity index (χ2v) is 2.62. The SMILES string of the molecule is [OH-].c1ccc(-[n+]2ccccc2)cc1. The van der Waals surface area contributed by atoms with Crippen molar-refractivity contribution in [3.05, 3.63) is 60.9 Å². The molecule has 2 heteroatoms. The minimum absolute atomic E-state index is 0. The van der Waals surface area contributed by atoms with Crippen LogP contribution >= 0.6 is 0 Å². The molecule has 1 aromatic carbocycles. The molecule has 0 aliphatic heterocycles. The Kier molecular flexibility index (Phi) is 3.17. The van der Waals surface area contributed by atoms with Gasteiger partial charge in [0.1, 0.15) is 0 Å². The highest BCUT2D eigenvalue weighted by molar-refractivity contribution is 5.21. The lowest BCUT2D eigenvalue weighted by Crippen LogP contribution is -2.28. The van der Waals surface area contributed by atoms with Gasteiger partial charge in [0.05, 0.1) is 0 Å². The summed E-state index contributed by atoms with van der Waals surface area (Å²) in [6.45, 7) is 0. The molecular formula is C11H11NO. The van der Waals surface area contributed by atoms with Gasteiger partial charge in [-0.15, -0.1) is 0 Å². The molecule has 0 radical (unpaired) electrons. The largest absolute Gasteiger partial charge is 0.870 e. The Hall–Kier alpha value is -1.67. The number of aromatic nitrogens is 1. The molecule has 2 aromatic rings. The van der Waals surface area contributed by atoms with Gasteiger partial charge in [0.15, 0.2) is 12.4 Å². The van der Waals surface area contributed by atoms with Gasteiger partial charge in [0.2, 0.25) is 5.69 Å². The Labute approximate surface area is 77.4 Å². The van der Waals surface area contributed by atoms with Crippen LogP contribution in [0.5, 0.6) is 0 Å². The van der Waals surface area contributed by atoms with Crippen LogP contribution in [0.15, 0.2) is 60.9 Å². The van der Waals surface area contributed by atoms with Crippen LogP contribution in [-0.4, -0.2) is 5.48 Å². The van der Waals surface area contributed by atoms with Crippen molar-refractivity contribution < 1.29 is 10.0 Å². The molecule has 0 saturated carbocycles. The van der Waals surface area contributed by atoms with Crippen LogP contribution < -0.4 is 4.57 Å². The van der Waals surface area contributed by atoms with E-state index in [1.54, 1.807) is 0 Å². The van der Waals surface area contributed by atoms with Crippen LogP contribution in [0.3, 0.4) is 0 Å². The van der Waals surface area contributed by atoms with E-state index in [9.17, 15) is 0 Å². The highest BCUT2D eigenvalue weighted by Gasteiger charge is 1.99. The molecule has 1 N–H and O–H groups in total. The van der Waals surface area contributed by atoms with Crippen molar-refractivity contribution in [1.82, 2.24) is 0 Å². The Balaban J connectivity index is 0.000000845. The summed E-state index contributed by atoms with van der Waals surface area (Å²) in [5, 5.41) is 0. The molecule has 1 aromatic heterocycles. The van der Waals surface area contributed by atoms with Crippen LogP contribution in [0.1, 0.15) is 0 Å². The van der Waals surface area contributed by atoms with E-state index < -0.39 is 0 Å². The van der Waals surface area contributed by atoms with E-state index >= 15 is 0 Å². The maximum absolute atomic E-state index is 2.08. The average Bonchev–Trinajstić information content (AvgIpc) is 2.21. The summed E-state index contributed by atoms with van der Waals surface area (Å²) >= 11 is 0. The molecule has 2 rings (SSSR count). The van der Waals surface area contributed by atoms with E-state index in [4.69, 9.17) is 0 Å². The van der Waals surface area contributed by atoms with Crippen molar-refractivity contribution in [2.75, 3.05) is 0 Å². The third-order valence-corrected chi connectivity index (χ3v) is 1.77. The first-order valence-electron chi connectivity index (χ1n) is 3.98. The summed E-state index contributed by atoms with van der Waals surface area (Å²) in [5.74, 6) is 0. The molecule has 2 nitrogen and oxygen atoms in total. The van der Waals surface area contributed by atoms with Gasteiger partial charge in [0.25, 0.3) is 0 Å². The van der Waals surface area contributed by atoms with Crippen molar-refractivity contribution in [2.45, 2.75) is 0 Å². The first-order valence-corrected chi connectivity index (χ1v) is 3.98. The number of para-hydroxylation sites is 1. The van der Waals surface area contributed by atoms with E-state index in [-0.39, 0.29) is 5.48 Å². The van der Waals surface area contributed by atoms with Gasteiger partial charge in [-0.1, -0.05) is 24.3 Å². The molecular weight excluding hydrogens is 162 g/mol. The lowest BCUT2D eigenvalue weighted by molar-refractivity contribution is -0.595. The number of benzene rings is 1. The molecule has 0 amide bonds. The monoisotopic (exact) mass is 173 g/mol. The van der Waals surface area contributed by atoms with Crippen LogP contribution in [0, 0.1) is 0 Å². The summed E-state index contributed by atoms with van der Waals surface area (Å²) in [7, 11) is 0. The summed E-state index contributed by atoms with van der Waals surface area (Å²) in [6.07, 6.45) is 4.07. The molecule has 0 unspecified atom stereocenters. The third kappa shape index (κ3) is 2.13. The Morgan fingerprint density at radius 3 is 1.85 bits per heavy atom. The maximum atomic E-state index is 2.08. The molecule has 0 fully saturated rings. The Bertz CT molecular complexity index is 307. The standard InChI is InChI=1S/C11H10N.H2O/c1-3-7-11(8-4-1)12-9-5-2-6-10-12;/h1-10H;1H2/q+1;/p-1. The topological polar surface area (TPSA) is 33.9 Å². The molecule has 1 heterocycles. The molecule has 0 bridgehead atoms. The fourth-order valence-electron chi connectivity index (χ4n) is 1.17. The maximum Gasteiger partial charge on any atom is 0.210 e. The van der Waals surface area contributed by atoms with Gasteiger partial charge in [-0.3, -0.25) is 0 Å². The zero-order chi connectivity index (χ0) is 8.23. The predicted molar refractivity (Wildman–Crippen MR) is 49.9 cm³/mol. The number of hydrogen-bond acceptors (Lipinski definition) is 1. The van der Waals surface area contributed by atoms with Crippen LogP contribution in [0.2, 0.25) is 0 Å². The fourth-order valence-corrected chi connectivity index (χ4v) is 1.17. The summed E-state index contributed by atoms with van der Waals surface area (Å²) in [4.78, 5) is 0. The number of hydrogen-bond donors (Lipinski definition) is 0. The summed E-state index contributed by atoms with van der Waals surface area (Å²) in [5.41, 5.74) is 1.19. The first-order chi connectivity index (χ1) is 5.97. The van der Waals surface area contributed by atoms with E-state index in [1.807, 2.05) is 48.8 Å². The highest BCUT2D eigenvalue weighted by atomic mass is 16.0. The lowest BCUT2D eigenvalue weighted by atomic mass is 10.3. The molecule has 0 atom stereocenters. The zero-order valence-corrected chi connectivity index (χ0v) is 7.17. The zero-order valence-electron chi connectivity index (χ0n) is 7.17. The van der Waals surface area contributed by atoms with Crippen molar-refractivity contribution in [2.24, 2.45) is 0 Å². The highest BCUT2D eigenvalue weighted by Crippen LogP contribution is 1.96. The van der Waals surface area contributed by atoms with Gasteiger partial charge in [-0.2, -0.15) is 4.57 Å². The minimum Gasteiger partial charge on any atom is -0.870 e. The van der Waals surface area contributed by atoms with Crippen molar-refractivity contribution >= 4 is 0 Å². The van der Waals surface area contributed by atoms with Crippen LogP contribution in [0.25, 0.3) is 5.69 Å². The van der Waals surface area contributed by atoms with E-state index in [1.165, 1.54) is 5.69 Å². The molecule has 0 spiro atoms. The second-order valence-electron chi connectivity index (χ2n) is 2.62. The van der Waals surface area contributed by atoms with Gasteiger partial charge in [0, 0.05) is 24.3 Å². The second kappa shape index (κ2) is 4.38. The quantitative estimate of drug-likeness (QED) is 0.605. The molecule has 0 aliphatic carbocycles. The third-order valence-electron chi connectivity index (χ3n) is 1.77. The number of rotatable bonds is 1. The number of pyridine rings is 1. The van der Waals surface area contributed by atoms with Gasteiger partial charge < -0.3 is 5.48 Å². The Morgan fingerprint density at radius 1 is 0.692 bits per heavy atom. The Morgan fingerprint density at radius 2 is 1.23 bits per heavy atom. The fraction of sp³-hybridized carbons (Fsp3) is 0. The van der Waals surface area contributed by atoms with E-state index in [2.05, 4.69) is 16.7 Å². The van der Waals surface area contributed by atoms with Crippen molar-refractivity contribution in [1.29, 1.82) is 0 Å². The lowest BCUT2D eigenvalue weighted by Gasteiger charge is -1.92. The molecule has 0 aliphatic rings. The van der Waals surface area contributed by atoms with Gasteiger partial charge in [-0.05, 0) is 0 Å². The van der Waals surface area contributed by atoms with Gasteiger partial charge >= 0.3 is 0 Å². The first kappa shape index (κ1) is 9.42. The number of nitrogens with zero attached hydrogens (tertiary/aromatic N) is 1.